The van der Waals surface area contributed by atoms with E-state index in [9.17, 15) is 0 Å². The summed E-state index contributed by atoms with van der Waals surface area (Å²) in [6.07, 6.45) is 0.260. The van der Waals surface area contributed by atoms with E-state index >= 15 is 0 Å². The number of rotatable bonds is 15. The summed E-state index contributed by atoms with van der Waals surface area (Å²) in [4.78, 5) is 0. The van der Waals surface area contributed by atoms with E-state index in [1.807, 2.05) is 85.8 Å². The van der Waals surface area contributed by atoms with Crippen LogP contribution >= 0.6 is 11.6 Å². The van der Waals surface area contributed by atoms with Gasteiger partial charge in [0.25, 0.3) is 0 Å². The molecule has 4 atom stereocenters. The van der Waals surface area contributed by atoms with E-state index in [0.29, 0.717) is 44.3 Å². The van der Waals surface area contributed by atoms with E-state index in [0.717, 1.165) is 39.1 Å². The van der Waals surface area contributed by atoms with Crippen LogP contribution in [-0.4, -0.2) is 37.6 Å². The quantitative estimate of drug-likeness (QED) is 0.109. The second-order valence-corrected chi connectivity index (χ2v) is 13.4. The molecule has 2 saturated heterocycles. The van der Waals surface area contributed by atoms with Crippen LogP contribution in [0.5, 0.6) is 5.75 Å². The third-order valence-electron chi connectivity index (χ3n) is 9.40. The number of fused-ring (bicyclic) bond motifs is 2. The van der Waals surface area contributed by atoms with Crippen LogP contribution < -0.4 is 4.74 Å². The molecule has 5 aromatic carbocycles. The van der Waals surface area contributed by atoms with Gasteiger partial charge < -0.3 is 28.4 Å². The summed E-state index contributed by atoms with van der Waals surface area (Å²) in [5.41, 5.74) is 5.31. The molecule has 50 heavy (non-hydrogen) atoms. The molecule has 6 nitrogen and oxygen atoms in total. The van der Waals surface area contributed by atoms with Gasteiger partial charge in [0.05, 0.1) is 45.7 Å². The van der Waals surface area contributed by atoms with Gasteiger partial charge in [-0.3, -0.25) is 0 Å². The lowest BCUT2D eigenvalue weighted by Gasteiger charge is -2.47. The topological polar surface area (TPSA) is 55.4 Å². The third-order valence-corrected chi connectivity index (χ3v) is 9.76. The normalized spacial score (nSPS) is 22.8. The van der Waals surface area contributed by atoms with Gasteiger partial charge in [-0.05, 0) is 65.4 Å². The van der Waals surface area contributed by atoms with Gasteiger partial charge in [0, 0.05) is 17.0 Å². The maximum Gasteiger partial charge on any atom is 0.198 e. The van der Waals surface area contributed by atoms with Crippen LogP contribution in [0.1, 0.15) is 46.7 Å². The molecule has 0 radical (unpaired) electrons. The minimum Gasteiger partial charge on any atom is -0.494 e. The van der Waals surface area contributed by atoms with Gasteiger partial charge in [-0.25, -0.2) is 0 Å². The van der Waals surface area contributed by atoms with Crippen LogP contribution in [0.15, 0.2) is 133 Å². The Labute approximate surface area is 299 Å². The minimum atomic E-state index is -1.08. The van der Waals surface area contributed by atoms with Crippen LogP contribution in [0.2, 0.25) is 5.02 Å². The van der Waals surface area contributed by atoms with Crippen molar-refractivity contribution in [2.45, 2.75) is 63.2 Å². The maximum atomic E-state index is 7.16. The zero-order chi connectivity index (χ0) is 34.2. The predicted octanol–water partition coefficient (Wildman–Crippen LogP) is 9.06. The van der Waals surface area contributed by atoms with Crippen molar-refractivity contribution in [3.63, 3.8) is 0 Å². The van der Waals surface area contributed by atoms with Crippen LogP contribution in [0.3, 0.4) is 0 Å². The molecule has 0 amide bonds. The molecule has 2 bridgehead atoms. The standard InChI is InChI=1S/C43H43ClO6/c1-2-46-38-21-18-32(19-22-38)24-36-25-37(20-23-39(36)44)43-26-40(47-28-34-14-8-4-9-15-34)41(48-29-35-16-10-5-11-17-35)42(50-43,31-49-43)30-45-27-33-12-6-3-7-13-33/h3-23,25,40-41H,2,24,26-31H2,1H3. The molecule has 2 fully saturated rings. The van der Waals surface area contributed by atoms with Crippen LogP contribution in [0, 0.1) is 0 Å². The molecule has 2 aliphatic rings. The average Bonchev–Trinajstić information content (AvgIpc) is 3.47. The summed E-state index contributed by atoms with van der Waals surface area (Å²) < 4.78 is 39.6. The number of benzene rings is 5. The molecular weight excluding hydrogens is 648 g/mol. The molecule has 2 aliphatic heterocycles. The molecule has 2 heterocycles. The Morgan fingerprint density at radius 2 is 1.32 bits per heavy atom. The molecule has 7 rings (SSSR count). The van der Waals surface area contributed by atoms with Gasteiger partial charge in [0.15, 0.2) is 5.79 Å². The van der Waals surface area contributed by atoms with Crippen LogP contribution in [0.4, 0.5) is 0 Å². The van der Waals surface area contributed by atoms with Crippen LogP contribution in [0.25, 0.3) is 0 Å². The van der Waals surface area contributed by atoms with Crippen molar-refractivity contribution in [2.75, 3.05) is 19.8 Å². The Morgan fingerprint density at radius 1 is 0.700 bits per heavy atom. The fourth-order valence-electron chi connectivity index (χ4n) is 6.89. The van der Waals surface area contributed by atoms with Gasteiger partial charge in [-0.1, -0.05) is 121 Å². The zero-order valence-electron chi connectivity index (χ0n) is 28.3. The highest BCUT2D eigenvalue weighted by Gasteiger charge is 2.64. The monoisotopic (exact) mass is 690 g/mol. The fourth-order valence-corrected chi connectivity index (χ4v) is 7.07. The summed E-state index contributed by atoms with van der Waals surface area (Å²) in [6, 6.07) is 44.7. The van der Waals surface area contributed by atoms with Crippen LogP contribution in [-0.2, 0) is 55.7 Å². The lowest BCUT2D eigenvalue weighted by Crippen LogP contribution is -2.61. The van der Waals surface area contributed by atoms with Crippen molar-refractivity contribution in [1.29, 1.82) is 0 Å². The SMILES string of the molecule is CCOc1ccc(Cc2cc(C34CC(OCc5ccccc5)C(OCc5ccccc5)C(COCc5ccccc5)(CO3)O4)ccc2Cl)cc1. The minimum absolute atomic E-state index is 0.265. The molecule has 5 aromatic rings. The van der Waals surface area contributed by atoms with E-state index in [-0.39, 0.29) is 19.3 Å². The largest absolute Gasteiger partial charge is 0.494 e. The van der Waals surface area contributed by atoms with Gasteiger partial charge in [-0.2, -0.15) is 0 Å². The summed E-state index contributed by atoms with van der Waals surface area (Å²) in [7, 11) is 0. The summed E-state index contributed by atoms with van der Waals surface area (Å²) >= 11 is 6.82. The summed E-state index contributed by atoms with van der Waals surface area (Å²) in [5, 5.41) is 0.686. The van der Waals surface area contributed by atoms with E-state index in [1.54, 1.807) is 0 Å². The molecule has 0 N–H and O–H groups in total. The van der Waals surface area contributed by atoms with Gasteiger partial charge in [0.1, 0.15) is 17.5 Å². The molecule has 4 unspecified atom stereocenters. The van der Waals surface area contributed by atoms with Crippen molar-refractivity contribution in [1.82, 2.24) is 0 Å². The Balaban J connectivity index is 1.20. The second kappa shape index (κ2) is 15.9. The van der Waals surface area contributed by atoms with E-state index in [1.165, 1.54) is 0 Å². The molecule has 0 aliphatic carbocycles. The first-order valence-corrected chi connectivity index (χ1v) is 17.7. The first kappa shape index (κ1) is 34.4. The molecule has 258 valence electrons. The van der Waals surface area contributed by atoms with Gasteiger partial charge in [-0.15, -0.1) is 0 Å². The van der Waals surface area contributed by atoms with Crippen molar-refractivity contribution in [3.8, 4) is 5.75 Å². The number of hydrogen-bond acceptors (Lipinski definition) is 6. The Hall–Kier alpha value is -4.01. The Morgan fingerprint density at radius 3 is 1.96 bits per heavy atom. The van der Waals surface area contributed by atoms with Crippen molar-refractivity contribution in [3.05, 3.63) is 172 Å². The van der Waals surface area contributed by atoms with Crippen molar-refractivity contribution >= 4 is 11.6 Å². The third kappa shape index (κ3) is 7.97. The van der Waals surface area contributed by atoms with Gasteiger partial charge in [0.2, 0.25) is 0 Å². The fraction of sp³-hybridized carbons (Fsp3) is 0.302. The van der Waals surface area contributed by atoms with E-state index in [4.69, 9.17) is 40.0 Å². The van der Waals surface area contributed by atoms with Crippen molar-refractivity contribution in [2.24, 2.45) is 0 Å². The average molecular weight is 691 g/mol. The summed E-state index contributed by atoms with van der Waals surface area (Å²) in [6.45, 7) is 4.42. The smallest absolute Gasteiger partial charge is 0.198 e. The van der Waals surface area contributed by atoms with Gasteiger partial charge >= 0.3 is 0 Å². The number of halogens is 1. The Kier molecular flexibility index (Phi) is 11.0. The summed E-state index contributed by atoms with van der Waals surface area (Å²) in [5.74, 6) is -0.233. The number of hydrogen-bond donors (Lipinski definition) is 0. The van der Waals surface area contributed by atoms with Crippen molar-refractivity contribution < 1.29 is 28.4 Å². The molecule has 0 aromatic heterocycles. The highest BCUT2D eigenvalue weighted by Crippen LogP contribution is 2.52. The molecule has 0 spiro atoms. The highest BCUT2D eigenvalue weighted by molar-refractivity contribution is 6.31. The number of ether oxygens (including phenoxy) is 6. The first-order valence-electron chi connectivity index (χ1n) is 17.3. The highest BCUT2D eigenvalue weighted by atomic mass is 35.5. The molecule has 7 heteroatoms. The molecule has 0 saturated carbocycles. The second-order valence-electron chi connectivity index (χ2n) is 13.0. The Bertz CT molecular complexity index is 1800. The molecular formula is C43H43ClO6. The lowest BCUT2D eigenvalue weighted by atomic mass is 9.85. The first-order chi connectivity index (χ1) is 24.5. The predicted molar refractivity (Wildman–Crippen MR) is 194 cm³/mol. The van der Waals surface area contributed by atoms with E-state index in [2.05, 4.69) is 54.6 Å². The maximum absolute atomic E-state index is 7.16. The zero-order valence-corrected chi connectivity index (χ0v) is 29.1. The van der Waals surface area contributed by atoms with E-state index < -0.39 is 17.5 Å². The lowest BCUT2D eigenvalue weighted by molar-refractivity contribution is -0.301.